The predicted octanol–water partition coefficient (Wildman–Crippen LogP) is 2.14. The molecule has 1 fully saturated rings. The first-order valence-corrected chi connectivity index (χ1v) is 7.43. The lowest BCUT2D eigenvalue weighted by Gasteiger charge is -2.15. The maximum Gasteiger partial charge on any atom is 0.307 e. The van der Waals surface area contributed by atoms with Crippen LogP contribution in [-0.4, -0.2) is 22.0 Å². The molecule has 0 radical (unpaired) electrons. The summed E-state index contributed by atoms with van der Waals surface area (Å²) in [5, 5.41) is 12.1. The van der Waals surface area contributed by atoms with Gasteiger partial charge in [-0.15, -0.1) is 0 Å². The zero-order valence-corrected chi connectivity index (χ0v) is 12.5. The lowest BCUT2D eigenvalue weighted by Crippen LogP contribution is -2.34. The molecule has 0 aliphatic heterocycles. The van der Waals surface area contributed by atoms with Gasteiger partial charge >= 0.3 is 5.97 Å². The number of carbonyl (C=O) groups excluding carboxylic acids is 1. The number of rotatable bonds is 5. The summed E-state index contributed by atoms with van der Waals surface area (Å²) in [5.41, 5.74) is 1.85. The van der Waals surface area contributed by atoms with Gasteiger partial charge in [-0.05, 0) is 37.3 Å². The molecule has 0 aromatic carbocycles. The molecule has 3 unspecified atom stereocenters. The highest BCUT2D eigenvalue weighted by molar-refractivity contribution is 5.85. The van der Waals surface area contributed by atoms with Gasteiger partial charge in [-0.3, -0.25) is 14.6 Å². The number of carboxylic acids is 1. The van der Waals surface area contributed by atoms with Crippen molar-refractivity contribution in [2.45, 2.75) is 39.7 Å². The maximum atomic E-state index is 12.3. The quantitative estimate of drug-likeness (QED) is 0.870. The Morgan fingerprint density at radius 2 is 2.05 bits per heavy atom. The molecular weight excluding hydrogens is 268 g/mol. The Morgan fingerprint density at radius 1 is 1.33 bits per heavy atom. The van der Waals surface area contributed by atoms with Gasteiger partial charge in [0.25, 0.3) is 0 Å². The van der Waals surface area contributed by atoms with Crippen LogP contribution in [-0.2, 0) is 16.1 Å². The zero-order chi connectivity index (χ0) is 15.4. The van der Waals surface area contributed by atoms with Crippen LogP contribution in [0.1, 0.15) is 37.4 Å². The number of hydrogen-bond acceptors (Lipinski definition) is 3. The SMILES string of the molecule is CCC1CC(C(=O)O)C(C(=O)NCc2ccc(C)nc2)C1. The topological polar surface area (TPSA) is 79.3 Å². The highest BCUT2D eigenvalue weighted by Crippen LogP contribution is 2.38. The molecular formula is C16H22N2O3. The van der Waals surface area contributed by atoms with Crippen molar-refractivity contribution in [1.82, 2.24) is 10.3 Å². The number of aryl methyl sites for hydroxylation is 1. The molecule has 0 spiro atoms. The average molecular weight is 290 g/mol. The number of amides is 1. The lowest BCUT2D eigenvalue weighted by atomic mass is 9.95. The van der Waals surface area contributed by atoms with Crippen LogP contribution in [0.2, 0.25) is 0 Å². The second-order valence-corrected chi connectivity index (χ2v) is 5.82. The van der Waals surface area contributed by atoms with Gasteiger partial charge < -0.3 is 10.4 Å². The van der Waals surface area contributed by atoms with Crippen molar-refractivity contribution in [3.8, 4) is 0 Å². The smallest absolute Gasteiger partial charge is 0.307 e. The summed E-state index contributed by atoms with van der Waals surface area (Å²) in [6, 6.07) is 3.81. The van der Waals surface area contributed by atoms with Gasteiger partial charge in [0, 0.05) is 18.4 Å². The van der Waals surface area contributed by atoms with Crippen LogP contribution < -0.4 is 5.32 Å². The molecule has 5 nitrogen and oxygen atoms in total. The third kappa shape index (κ3) is 3.80. The molecule has 5 heteroatoms. The first-order chi connectivity index (χ1) is 10.0. The molecule has 0 saturated heterocycles. The number of carboxylic acid groups (broad SMARTS) is 1. The van der Waals surface area contributed by atoms with Crippen LogP contribution in [0.15, 0.2) is 18.3 Å². The van der Waals surface area contributed by atoms with Gasteiger partial charge in [0.15, 0.2) is 0 Å². The van der Waals surface area contributed by atoms with Crippen LogP contribution in [0.4, 0.5) is 0 Å². The van der Waals surface area contributed by atoms with Crippen LogP contribution in [0, 0.1) is 24.7 Å². The maximum absolute atomic E-state index is 12.3. The second kappa shape index (κ2) is 6.70. The molecule has 0 bridgehead atoms. The van der Waals surface area contributed by atoms with Gasteiger partial charge in [0.05, 0.1) is 11.8 Å². The summed E-state index contributed by atoms with van der Waals surface area (Å²) in [5.74, 6) is -1.64. The number of hydrogen-bond donors (Lipinski definition) is 2. The Balaban J connectivity index is 1.95. The monoisotopic (exact) mass is 290 g/mol. The Bertz CT molecular complexity index is 513. The Kier molecular flexibility index (Phi) is 4.94. The van der Waals surface area contributed by atoms with E-state index in [-0.39, 0.29) is 5.91 Å². The molecule has 1 aliphatic carbocycles. The Morgan fingerprint density at radius 3 is 2.62 bits per heavy atom. The van der Waals surface area contributed by atoms with Crippen molar-refractivity contribution < 1.29 is 14.7 Å². The first-order valence-electron chi connectivity index (χ1n) is 7.43. The van der Waals surface area contributed by atoms with Crippen molar-refractivity contribution >= 4 is 11.9 Å². The van der Waals surface area contributed by atoms with E-state index in [1.807, 2.05) is 26.0 Å². The highest BCUT2D eigenvalue weighted by atomic mass is 16.4. The number of aromatic nitrogens is 1. The molecule has 2 rings (SSSR count). The standard InChI is InChI=1S/C16H22N2O3/c1-3-11-6-13(14(7-11)16(20)21)15(19)18-9-12-5-4-10(2)17-8-12/h4-5,8,11,13-14H,3,6-7,9H2,1-2H3,(H,18,19)(H,20,21). The normalized spacial score (nSPS) is 24.8. The summed E-state index contributed by atoms with van der Waals surface area (Å²) < 4.78 is 0. The van der Waals surface area contributed by atoms with Crippen LogP contribution >= 0.6 is 0 Å². The molecule has 114 valence electrons. The molecule has 1 aliphatic rings. The minimum Gasteiger partial charge on any atom is -0.481 e. The second-order valence-electron chi connectivity index (χ2n) is 5.82. The lowest BCUT2D eigenvalue weighted by molar-refractivity contribution is -0.146. The molecule has 2 N–H and O–H groups in total. The van der Waals surface area contributed by atoms with E-state index in [9.17, 15) is 14.7 Å². The highest BCUT2D eigenvalue weighted by Gasteiger charge is 2.41. The fourth-order valence-corrected chi connectivity index (χ4v) is 2.96. The van der Waals surface area contributed by atoms with Gasteiger partial charge in [-0.1, -0.05) is 19.4 Å². The van der Waals surface area contributed by atoms with E-state index in [1.54, 1.807) is 6.20 Å². The number of nitrogens with zero attached hydrogens (tertiary/aromatic N) is 1. The molecule has 21 heavy (non-hydrogen) atoms. The van der Waals surface area contributed by atoms with Crippen molar-refractivity contribution in [3.63, 3.8) is 0 Å². The van der Waals surface area contributed by atoms with Gasteiger partial charge in [0.2, 0.25) is 5.91 Å². The molecule has 3 atom stereocenters. The molecule has 1 heterocycles. The van der Waals surface area contributed by atoms with E-state index in [1.165, 1.54) is 0 Å². The van der Waals surface area contributed by atoms with E-state index >= 15 is 0 Å². The first kappa shape index (κ1) is 15.5. The van der Waals surface area contributed by atoms with Crippen molar-refractivity contribution in [2.75, 3.05) is 0 Å². The predicted molar refractivity (Wildman–Crippen MR) is 78.5 cm³/mol. The average Bonchev–Trinajstić information content (AvgIpc) is 2.91. The van der Waals surface area contributed by atoms with E-state index in [2.05, 4.69) is 10.3 Å². The summed E-state index contributed by atoms with van der Waals surface area (Å²) >= 11 is 0. The number of nitrogens with one attached hydrogen (secondary N) is 1. The third-order valence-electron chi connectivity index (χ3n) is 4.33. The minimum atomic E-state index is -0.858. The number of pyridine rings is 1. The summed E-state index contributed by atoms with van der Waals surface area (Å²) in [4.78, 5) is 27.7. The summed E-state index contributed by atoms with van der Waals surface area (Å²) in [6.07, 6.45) is 3.94. The van der Waals surface area contributed by atoms with E-state index in [0.717, 1.165) is 17.7 Å². The largest absolute Gasteiger partial charge is 0.481 e. The van der Waals surface area contributed by atoms with Gasteiger partial charge in [-0.25, -0.2) is 0 Å². The van der Waals surface area contributed by atoms with Crippen LogP contribution in [0.5, 0.6) is 0 Å². The van der Waals surface area contributed by atoms with Crippen molar-refractivity contribution in [2.24, 2.45) is 17.8 Å². The number of aliphatic carboxylic acids is 1. The molecule has 1 saturated carbocycles. The van der Waals surface area contributed by atoms with Crippen LogP contribution in [0.25, 0.3) is 0 Å². The van der Waals surface area contributed by atoms with E-state index < -0.39 is 17.8 Å². The fourth-order valence-electron chi connectivity index (χ4n) is 2.96. The zero-order valence-electron chi connectivity index (χ0n) is 12.5. The molecule has 1 aromatic heterocycles. The van der Waals surface area contributed by atoms with E-state index in [0.29, 0.717) is 25.3 Å². The molecule has 1 aromatic rings. The minimum absolute atomic E-state index is 0.154. The Labute approximate surface area is 124 Å². The molecule has 1 amide bonds. The summed E-state index contributed by atoms with van der Waals surface area (Å²) in [7, 11) is 0. The van der Waals surface area contributed by atoms with Crippen molar-refractivity contribution in [1.29, 1.82) is 0 Å². The van der Waals surface area contributed by atoms with Gasteiger partial charge in [-0.2, -0.15) is 0 Å². The van der Waals surface area contributed by atoms with E-state index in [4.69, 9.17) is 0 Å². The Hall–Kier alpha value is -1.91. The van der Waals surface area contributed by atoms with Crippen LogP contribution in [0.3, 0.4) is 0 Å². The summed E-state index contributed by atoms with van der Waals surface area (Å²) in [6.45, 7) is 4.34. The van der Waals surface area contributed by atoms with Crippen molar-refractivity contribution in [3.05, 3.63) is 29.6 Å². The third-order valence-corrected chi connectivity index (χ3v) is 4.33. The van der Waals surface area contributed by atoms with Gasteiger partial charge in [0.1, 0.15) is 0 Å². The number of carbonyl (C=O) groups is 2. The fraction of sp³-hybridized carbons (Fsp3) is 0.562.